The molecule has 0 saturated heterocycles. The van der Waals surface area contributed by atoms with Crippen molar-refractivity contribution in [3.63, 3.8) is 0 Å². The number of aromatic nitrogens is 2. The van der Waals surface area contributed by atoms with Crippen LogP contribution < -0.4 is 4.74 Å². The Morgan fingerprint density at radius 1 is 1.00 bits per heavy atom. The Balaban J connectivity index is 1.80. The van der Waals surface area contributed by atoms with Crippen LogP contribution in [-0.4, -0.2) is 27.5 Å². The Kier molecular flexibility index (Phi) is 7.68. The molecule has 0 radical (unpaired) electrons. The number of aryl methyl sites for hydroxylation is 1. The van der Waals surface area contributed by atoms with Crippen molar-refractivity contribution in [1.29, 1.82) is 0 Å². The van der Waals surface area contributed by atoms with Gasteiger partial charge in [-0.3, -0.25) is 0 Å². The highest BCUT2D eigenvalue weighted by molar-refractivity contribution is 5.87. The molecule has 1 aromatic heterocycles. The molecule has 0 amide bonds. The van der Waals surface area contributed by atoms with E-state index in [1.807, 2.05) is 37.3 Å². The smallest absolute Gasteiger partial charge is 0.230 e. The number of unbranched alkanes of at least 4 members (excludes halogenated alkanes) is 5. The van der Waals surface area contributed by atoms with Crippen LogP contribution in [0.25, 0.3) is 11.0 Å². The van der Waals surface area contributed by atoms with Crippen LogP contribution >= 0.6 is 0 Å². The third-order valence-electron chi connectivity index (χ3n) is 5.02. The van der Waals surface area contributed by atoms with Crippen molar-refractivity contribution >= 4 is 23.2 Å². The Morgan fingerprint density at radius 2 is 1.79 bits per heavy atom. The fraction of sp³-hybridized carbons (Fsp3) is 0.417. The number of nitrogens with zero attached hydrogens (tertiary/aromatic N) is 3. The molecule has 0 aliphatic heterocycles. The lowest BCUT2D eigenvalue weighted by molar-refractivity contribution is 0.318. The van der Waals surface area contributed by atoms with Gasteiger partial charge < -0.3 is 14.4 Å². The summed E-state index contributed by atoms with van der Waals surface area (Å²) in [5.74, 6) is 1.25. The minimum atomic E-state index is 0.108. The second-order valence-electron chi connectivity index (χ2n) is 7.21. The monoisotopic (exact) mass is 393 g/mol. The van der Waals surface area contributed by atoms with Crippen molar-refractivity contribution in [2.24, 2.45) is 4.99 Å². The average molecular weight is 394 g/mol. The minimum Gasteiger partial charge on any atom is -0.504 e. The molecule has 2 aromatic carbocycles. The summed E-state index contributed by atoms with van der Waals surface area (Å²) < 4.78 is 7.64. The van der Waals surface area contributed by atoms with E-state index in [4.69, 9.17) is 9.72 Å². The molecule has 0 atom stereocenters. The summed E-state index contributed by atoms with van der Waals surface area (Å²) in [7, 11) is 0. The van der Waals surface area contributed by atoms with Crippen LogP contribution in [-0.2, 0) is 6.54 Å². The molecule has 0 unspecified atom stereocenters. The summed E-state index contributed by atoms with van der Waals surface area (Å²) in [4.78, 5) is 9.31. The number of aromatic hydroxyl groups is 1. The van der Waals surface area contributed by atoms with E-state index in [2.05, 4.69) is 22.5 Å². The van der Waals surface area contributed by atoms with E-state index in [1.165, 1.54) is 32.1 Å². The molecule has 1 heterocycles. The molecule has 5 nitrogen and oxygen atoms in total. The SMILES string of the molecule is CCCCCCCCn1c(/N=C/c2cccc(OCC)c2O)nc2ccccc21. The Labute approximate surface area is 173 Å². The van der Waals surface area contributed by atoms with Crippen molar-refractivity contribution in [3.8, 4) is 11.5 Å². The van der Waals surface area contributed by atoms with E-state index in [0.29, 0.717) is 23.9 Å². The topological polar surface area (TPSA) is 59.6 Å². The number of para-hydroxylation sites is 3. The first-order chi connectivity index (χ1) is 14.2. The summed E-state index contributed by atoms with van der Waals surface area (Å²) in [6.07, 6.45) is 9.15. The molecule has 1 N–H and O–H groups in total. The number of hydrogen-bond donors (Lipinski definition) is 1. The summed E-state index contributed by atoms with van der Waals surface area (Å²) in [6, 6.07) is 13.6. The zero-order chi connectivity index (χ0) is 20.5. The van der Waals surface area contributed by atoms with Crippen LogP contribution in [0.15, 0.2) is 47.5 Å². The lowest BCUT2D eigenvalue weighted by atomic mass is 10.1. The Morgan fingerprint density at radius 3 is 2.62 bits per heavy atom. The highest BCUT2D eigenvalue weighted by atomic mass is 16.5. The van der Waals surface area contributed by atoms with Gasteiger partial charge in [-0.2, -0.15) is 0 Å². The Hall–Kier alpha value is -2.82. The van der Waals surface area contributed by atoms with Gasteiger partial charge in [0.15, 0.2) is 11.5 Å². The van der Waals surface area contributed by atoms with Crippen LogP contribution in [0, 0.1) is 0 Å². The van der Waals surface area contributed by atoms with Crippen LogP contribution in [0.3, 0.4) is 0 Å². The number of rotatable bonds is 11. The third-order valence-corrected chi connectivity index (χ3v) is 5.02. The number of phenols is 1. The standard InChI is InChI=1S/C24H31N3O2/c1-3-5-6-7-8-11-17-27-21-15-10-9-14-20(21)26-24(27)25-18-19-13-12-16-22(23(19)28)29-4-2/h9-10,12-16,18,28H,3-8,11,17H2,1-2H3/b25-18+. The second-order valence-corrected chi connectivity index (χ2v) is 7.21. The first-order valence-electron chi connectivity index (χ1n) is 10.7. The molecule has 0 saturated carbocycles. The van der Waals surface area contributed by atoms with Crippen LogP contribution in [0.4, 0.5) is 5.95 Å². The predicted molar refractivity (Wildman–Crippen MR) is 120 cm³/mol. The molecule has 0 aliphatic carbocycles. The summed E-state index contributed by atoms with van der Waals surface area (Å²) >= 11 is 0. The van der Waals surface area contributed by atoms with Crippen molar-refractivity contribution in [1.82, 2.24) is 9.55 Å². The van der Waals surface area contributed by atoms with E-state index in [-0.39, 0.29) is 5.75 Å². The lowest BCUT2D eigenvalue weighted by Gasteiger charge is -2.08. The predicted octanol–water partition coefficient (Wildman–Crippen LogP) is 6.25. The summed E-state index contributed by atoms with van der Waals surface area (Å²) in [5, 5.41) is 10.4. The van der Waals surface area contributed by atoms with Gasteiger partial charge in [0.25, 0.3) is 0 Å². The normalized spacial score (nSPS) is 11.5. The number of imidazole rings is 1. The van der Waals surface area contributed by atoms with E-state index < -0.39 is 0 Å². The van der Waals surface area contributed by atoms with Gasteiger partial charge in [-0.15, -0.1) is 0 Å². The second kappa shape index (κ2) is 10.6. The highest BCUT2D eigenvalue weighted by Gasteiger charge is 2.10. The molecule has 0 fully saturated rings. The maximum atomic E-state index is 10.4. The first-order valence-corrected chi connectivity index (χ1v) is 10.7. The third kappa shape index (κ3) is 5.37. The van der Waals surface area contributed by atoms with E-state index in [9.17, 15) is 5.11 Å². The molecule has 0 aliphatic rings. The van der Waals surface area contributed by atoms with Gasteiger partial charge in [0.1, 0.15) is 0 Å². The molecule has 0 bridgehead atoms. The molecule has 154 valence electrons. The van der Waals surface area contributed by atoms with Crippen LogP contribution in [0.2, 0.25) is 0 Å². The molecule has 5 heteroatoms. The van der Waals surface area contributed by atoms with E-state index >= 15 is 0 Å². The molecular weight excluding hydrogens is 362 g/mol. The number of ether oxygens (including phenoxy) is 1. The van der Waals surface area contributed by atoms with Crippen molar-refractivity contribution < 1.29 is 9.84 Å². The van der Waals surface area contributed by atoms with Gasteiger partial charge in [-0.25, -0.2) is 9.98 Å². The minimum absolute atomic E-state index is 0.108. The number of hydrogen-bond acceptors (Lipinski definition) is 4. The van der Waals surface area contributed by atoms with Gasteiger partial charge in [-0.05, 0) is 37.6 Å². The number of fused-ring (bicyclic) bond motifs is 1. The quantitative estimate of drug-likeness (QED) is 0.309. The zero-order valence-corrected chi connectivity index (χ0v) is 17.5. The fourth-order valence-electron chi connectivity index (χ4n) is 3.47. The maximum absolute atomic E-state index is 10.4. The largest absolute Gasteiger partial charge is 0.504 e. The van der Waals surface area contributed by atoms with Gasteiger partial charge >= 0.3 is 0 Å². The molecular formula is C24H31N3O2. The van der Waals surface area contributed by atoms with Crippen molar-refractivity contribution in [2.75, 3.05) is 6.61 Å². The van der Waals surface area contributed by atoms with E-state index in [1.54, 1.807) is 12.3 Å². The Bertz CT molecular complexity index is 946. The van der Waals surface area contributed by atoms with E-state index in [0.717, 1.165) is 24.0 Å². The summed E-state index contributed by atoms with van der Waals surface area (Å²) in [5.41, 5.74) is 2.66. The molecule has 29 heavy (non-hydrogen) atoms. The highest BCUT2D eigenvalue weighted by Crippen LogP contribution is 2.29. The zero-order valence-electron chi connectivity index (χ0n) is 17.5. The fourth-order valence-corrected chi connectivity index (χ4v) is 3.47. The number of phenolic OH excluding ortho intramolecular Hbond substituents is 1. The average Bonchev–Trinajstić information content (AvgIpc) is 3.09. The maximum Gasteiger partial charge on any atom is 0.230 e. The van der Waals surface area contributed by atoms with Crippen molar-refractivity contribution in [3.05, 3.63) is 48.0 Å². The van der Waals surface area contributed by atoms with Gasteiger partial charge in [0.2, 0.25) is 5.95 Å². The molecule has 0 spiro atoms. The van der Waals surface area contributed by atoms with Crippen LogP contribution in [0.5, 0.6) is 11.5 Å². The first kappa shape index (κ1) is 20.9. The molecule has 3 rings (SSSR count). The van der Waals surface area contributed by atoms with Gasteiger partial charge in [-0.1, -0.05) is 57.2 Å². The number of aliphatic imine (C=N–C) groups is 1. The van der Waals surface area contributed by atoms with Crippen LogP contribution in [0.1, 0.15) is 57.9 Å². The number of benzene rings is 2. The van der Waals surface area contributed by atoms with Gasteiger partial charge in [0.05, 0.1) is 17.6 Å². The summed E-state index contributed by atoms with van der Waals surface area (Å²) in [6.45, 7) is 5.53. The van der Waals surface area contributed by atoms with Gasteiger partial charge in [0, 0.05) is 18.3 Å². The lowest BCUT2D eigenvalue weighted by Crippen LogP contribution is -1.98. The molecule has 3 aromatic rings. The van der Waals surface area contributed by atoms with Crippen molar-refractivity contribution in [2.45, 2.75) is 58.9 Å².